The third-order valence-electron chi connectivity index (χ3n) is 7.30. The van der Waals surface area contributed by atoms with Crippen molar-refractivity contribution in [1.82, 2.24) is 9.88 Å². The Balaban J connectivity index is 1.60. The molecule has 1 amide bonds. The number of nitro benzene ring substituents is 1. The monoisotopic (exact) mass is 490 g/mol. The van der Waals surface area contributed by atoms with Crippen molar-refractivity contribution in [1.29, 1.82) is 0 Å². The average molecular weight is 491 g/mol. The van der Waals surface area contributed by atoms with Crippen molar-refractivity contribution in [3.8, 4) is 0 Å². The lowest BCUT2D eigenvalue weighted by Gasteiger charge is -2.36. The summed E-state index contributed by atoms with van der Waals surface area (Å²) in [6, 6.07) is 13.4. The number of anilines is 1. The standard InChI is InChI=1S/C25H19FN4O4S/c26-16-5-8-19-18(10-16)25(24(32)28-19)22(23(31)15-2-1-9-27-11-15)21(20-12-35-13-29(20)25)14-3-6-17(7-4-14)30(33)34/h1-11,20-22H,12-13H2,(H,28,32). The lowest BCUT2D eigenvalue weighted by Crippen LogP contribution is -2.52. The number of nitrogens with zero attached hydrogens (tertiary/aromatic N) is 3. The van der Waals surface area contributed by atoms with Gasteiger partial charge in [-0.25, -0.2) is 4.39 Å². The quantitative estimate of drug-likeness (QED) is 0.335. The number of rotatable bonds is 4. The van der Waals surface area contributed by atoms with Gasteiger partial charge in [-0.15, -0.1) is 11.8 Å². The maximum atomic E-state index is 14.5. The molecule has 4 atom stereocenters. The molecule has 1 N–H and O–H groups in total. The van der Waals surface area contributed by atoms with Gasteiger partial charge >= 0.3 is 0 Å². The molecule has 2 aromatic carbocycles. The van der Waals surface area contributed by atoms with Gasteiger partial charge in [-0.2, -0.15) is 0 Å². The van der Waals surface area contributed by atoms with Crippen LogP contribution in [-0.2, 0) is 10.3 Å². The number of fused-ring (bicyclic) bond motifs is 4. The molecule has 8 nitrogen and oxygen atoms in total. The summed E-state index contributed by atoms with van der Waals surface area (Å²) in [5, 5.41) is 14.1. The Hall–Kier alpha value is -3.63. The molecule has 3 aliphatic heterocycles. The van der Waals surface area contributed by atoms with Crippen LogP contribution in [0.15, 0.2) is 67.0 Å². The molecule has 0 saturated carbocycles. The summed E-state index contributed by atoms with van der Waals surface area (Å²) in [4.78, 5) is 44.9. The van der Waals surface area contributed by atoms with Crippen LogP contribution in [0.4, 0.5) is 15.8 Å². The van der Waals surface area contributed by atoms with Gasteiger partial charge in [0.05, 0.1) is 10.8 Å². The molecule has 0 aliphatic carbocycles. The fraction of sp³-hybridized carbons (Fsp3) is 0.240. The summed E-state index contributed by atoms with van der Waals surface area (Å²) in [7, 11) is 0. The number of aromatic nitrogens is 1. The molecule has 2 saturated heterocycles. The van der Waals surface area contributed by atoms with Crippen molar-refractivity contribution in [2.75, 3.05) is 16.9 Å². The molecule has 3 aliphatic rings. The normalized spacial score (nSPS) is 27.0. The number of benzene rings is 2. The van der Waals surface area contributed by atoms with E-state index in [1.165, 1.54) is 36.5 Å². The van der Waals surface area contributed by atoms with E-state index < -0.39 is 28.1 Å². The van der Waals surface area contributed by atoms with E-state index in [-0.39, 0.29) is 23.4 Å². The number of nitro groups is 1. The molecule has 3 aromatic rings. The number of halogens is 1. The van der Waals surface area contributed by atoms with E-state index in [0.717, 1.165) is 5.56 Å². The predicted octanol–water partition coefficient (Wildman–Crippen LogP) is 3.95. The highest BCUT2D eigenvalue weighted by molar-refractivity contribution is 7.99. The zero-order valence-electron chi connectivity index (χ0n) is 18.3. The van der Waals surface area contributed by atoms with Crippen LogP contribution in [0.25, 0.3) is 0 Å². The average Bonchev–Trinajstić information content (AvgIpc) is 3.53. The van der Waals surface area contributed by atoms with E-state index >= 15 is 0 Å². The fourth-order valence-electron chi connectivity index (χ4n) is 5.93. The highest BCUT2D eigenvalue weighted by Crippen LogP contribution is 2.61. The van der Waals surface area contributed by atoms with Crippen molar-refractivity contribution in [2.45, 2.75) is 17.5 Å². The summed E-state index contributed by atoms with van der Waals surface area (Å²) in [6.45, 7) is 0. The lowest BCUT2D eigenvalue weighted by molar-refractivity contribution is -0.384. The van der Waals surface area contributed by atoms with Crippen molar-refractivity contribution in [2.24, 2.45) is 5.92 Å². The van der Waals surface area contributed by atoms with Crippen LogP contribution < -0.4 is 5.32 Å². The third-order valence-corrected chi connectivity index (χ3v) is 8.34. The Bertz CT molecular complexity index is 1370. The molecule has 0 radical (unpaired) electrons. The van der Waals surface area contributed by atoms with E-state index in [1.54, 1.807) is 42.2 Å². The summed E-state index contributed by atoms with van der Waals surface area (Å²) in [5.74, 6) is -1.30. The maximum absolute atomic E-state index is 14.5. The number of carbonyl (C=O) groups excluding carboxylic acids is 2. The molecule has 0 bridgehead atoms. The molecule has 6 rings (SSSR count). The molecule has 35 heavy (non-hydrogen) atoms. The Morgan fingerprint density at radius 1 is 1.23 bits per heavy atom. The van der Waals surface area contributed by atoms with Gasteiger partial charge in [0.15, 0.2) is 5.78 Å². The van der Waals surface area contributed by atoms with E-state index in [2.05, 4.69) is 10.3 Å². The van der Waals surface area contributed by atoms with Gasteiger partial charge in [-0.3, -0.25) is 29.6 Å². The number of non-ortho nitro benzene ring substituents is 1. The molecule has 2 fully saturated rings. The summed E-state index contributed by atoms with van der Waals surface area (Å²) in [5.41, 5.74) is 0.549. The molecule has 10 heteroatoms. The Labute approximate surface area is 203 Å². The maximum Gasteiger partial charge on any atom is 0.269 e. The lowest BCUT2D eigenvalue weighted by atomic mass is 9.69. The van der Waals surface area contributed by atoms with Gasteiger partial charge in [0.2, 0.25) is 5.91 Å². The molecule has 4 unspecified atom stereocenters. The number of pyridine rings is 1. The second-order valence-corrected chi connectivity index (χ2v) is 9.91. The Morgan fingerprint density at radius 3 is 2.74 bits per heavy atom. The molecule has 4 heterocycles. The molecule has 1 spiro atoms. The van der Waals surface area contributed by atoms with E-state index in [4.69, 9.17) is 0 Å². The minimum atomic E-state index is -1.41. The number of hydrogen-bond acceptors (Lipinski definition) is 7. The largest absolute Gasteiger partial charge is 0.324 e. The van der Waals surface area contributed by atoms with Crippen molar-refractivity contribution in [3.05, 3.63) is 99.6 Å². The van der Waals surface area contributed by atoms with Gasteiger partial charge in [-0.1, -0.05) is 12.1 Å². The summed E-state index contributed by atoms with van der Waals surface area (Å²) in [6.07, 6.45) is 3.04. The first-order valence-electron chi connectivity index (χ1n) is 11.1. The Kier molecular flexibility index (Phi) is 4.97. The van der Waals surface area contributed by atoms with Gasteiger partial charge < -0.3 is 5.32 Å². The first-order chi connectivity index (χ1) is 16.9. The van der Waals surface area contributed by atoms with Crippen LogP contribution in [-0.4, -0.2) is 44.2 Å². The molecule has 176 valence electrons. The highest BCUT2D eigenvalue weighted by Gasteiger charge is 2.69. The first kappa shape index (κ1) is 21.9. The van der Waals surface area contributed by atoms with Gasteiger partial charge in [0.1, 0.15) is 11.4 Å². The van der Waals surface area contributed by atoms with E-state index in [0.29, 0.717) is 28.4 Å². The van der Waals surface area contributed by atoms with E-state index in [1.807, 2.05) is 4.90 Å². The van der Waals surface area contributed by atoms with Crippen molar-refractivity contribution < 1.29 is 18.9 Å². The molecular formula is C25H19FN4O4S. The zero-order chi connectivity index (χ0) is 24.3. The number of nitrogens with one attached hydrogen (secondary N) is 1. The van der Waals surface area contributed by atoms with Gasteiger partial charge in [-0.05, 0) is 35.9 Å². The number of amides is 1. The number of thioether (sulfide) groups is 1. The smallest absolute Gasteiger partial charge is 0.269 e. The minimum absolute atomic E-state index is 0.0553. The number of Topliss-reactive ketones (excluding diaryl/α,β-unsaturated/α-hetero) is 1. The van der Waals surface area contributed by atoms with Crippen molar-refractivity contribution >= 4 is 34.8 Å². The van der Waals surface area contributed by atoms with Crippen LogP contribution in [0.1, 0.15) is 27.4 Å². The van der Waals surface area contributed by atoms with Crippen molar-refractivity contribution in [3.63, 3.8) is 0 Å². The Morgan fingerprint density at radius 2 is 2.03 bits per heavy atom. The number of ketones is 1. The zero-order valence-corrected chi connectivity index (χ0v) is 19.1. The second kappa shape index (κ2) is 7.96. The molecule has 1 aromatic heterocycles. The highest BCUT2D eigenvalue weighted by atomic mass is 32.2. The number of hydrogen-bond donors (Lipinski definition) is 1. The van der Waals surface area contributed by atoms with Crippen LogP contribution >= 0.6 is 11.8 Å². The molecular weight excluding hydrogens is 471 g/mol. The van der Waals surface area contributed by atoms with Crippen LogP contribution in [0, 0.1) is 21.8 Å². The predicted molar refractivity (Wildman–Crippen MR) is 128 cm³/mol. The third kappa shape index (κ3) is 3.06. The van der Waals surface area contributed by atoms with Gasteiger partial charge in [0, 0.05) is 64.9 Å². The SMILES string of the molecule is O=C(c1cccnc1)C1C(c2ccc([N+](=O)[O-])cc2)C2CSCN2C12C(=O)Nc1ccc(F)cc12. The van der Waals surface area contributed by atoms with Gasteiger partial charge in [0.25, 0.3) is 5.69 Å². The van der Waals surface area contributed by atoms with Crippen LogP contribution in [0.3, 0.4) is 0 Å². The second-order valence-electron chi connectivity index (χ2n) is 8.91. The van der Waals surface area contributed by atoms with E-state index in [9.17, 15) is 24.1 Å². The topological polar surface area (TPSA) is 105 Å². The minimum Gasteiger partial charge on any atom is -0.324 e. The van der Waals surface area contributed by atoms with Crippen LogP contribution in [0.5, 0.6) is 0 Å². The van der Waals surface area contributed by atoms with Crippen LogP contribution in [0.2, 0.25) is 0 Å². The summed E-state index contributed by atoms with van der Waals surface area (Å²) >= 11 is 1.64. The fourth-order valence-corrected chi connectivity index (χ4v) is 7.25. The summed E-state index contributed by atoms with van der Waals surface area (Å²) < 4.78 is 14.5. The first-order valence-corrected chi connectivity index (χ1v) is 12.2. The number of carbonyl (C=O) groups is 2.